The van der Waals surface area contributed by atoms with E-state index in [0.717, 1.165) is 23.0 Å². The largest absolute Gasteiger partial charge is 0.464 e. The normalized spacial score (nSPS) is 24.6. The minimum atomic E-state index is -0.599. The van der Waals surface area contributed by atoms with Crippen LogP contribution in [0.4, 0.5) is 5.69 Å². The molecule has 0 amide bonds. The average Bonchev–Trinajstić information content (AvgIpc) is 2.37. The van der Waals surface area contributed by atoms with Crippen LogP contribution in [0, 0.1) is 11.8 Å². The van der Waals surface area contributed by atoms with Crippen LogP contribution in [-0.2, 0) is 9.53 Å². The summed E-state index contributed by atoms with van der Waals surface area (Å²) in [5.41, 5.74) is 0.277. The number of hydrogen-bond donors (Lipinski definition) is 1. The first-order valence-corrected chi connectivity index (χ1v) is 8.45. The predicted molar refractivity (Wildman–Crippen MR) is 89.7 cm³/mol. The summed E-state index contributed by atoms with van der Waals surface area (Å²) in [4.78, 5) is 12.3. The van der Waals surface area contributed by atoms with E-state index < -0.39 is 5.54 Å². The van der Waals surface area contributed by atoms with E-state index in [9.17, 15) is 4.79 Å². The third-order valence-electron chi connectivity index (χ3n) is 4.13. The Morgan fingerprint density at radius 3 is 2.71 bits per heavy atom. The molecule has 0 bridgehead atoms. The number of hydrogen-bond acceptors (Lipinski definition) is 3. The highest BCUT2D eigenvalue weighted by molar-refractivity contribution is 9.10. The first-order chi connectivity index (χ1) is 9.88. The van der Waals surface area contributed by atoms with Gasteiger partial charge in [-0.05, 0) is 65.7 Å². The van der Waals surface area contributed by atoms with E-state index in [4.69, 9.17) is 16.3 Å². The Morgan fingerprint density at radius 2 is 2.19 bits per heavy atom. The molecule has 1 aliphatic carbocycles. The van der Waals surface area contributed by atoms with Crippen molar-refractivity contribution in [2.45, 2.75) is 39.2 Å². The molecule has 1 N–H and O–H groups in total. The number of carbonyl (C=O) groups is 1. The number of carbonyl (C=O) groups excluding carboxylic acids is 1. The van der Waals surface area contributed by atoms with Crippen LogP contribution in [0.1, 0.15) is 33.6 Å². The van der Waals surface area contributed by atoms with Gasteiger partial charge in [-0.1, -0.05) is 25.4 Å². The number of esters is 1. The summed E-state index contributed by atoms with van der Waals surface area (Å²) in [5, 5.41) is 4.02. The molecule has 3 nitrogen and oxygen atoms in total. The molecule has 2 rings (SSSR count). The highest BCUT2D eigenvalue weighted by atomic mass is 79.9. The van der Waals surface area contributed by atoms with Crippen molar-refractivity contribution in [2.24, 2.45) is 11.8 Å². The Bertz CT molecular complexity index is 527. The Morgan fingerprint density at radius 1 is 1.52 bits per heavy atom. The molecule has 1 aromatic rings. The molecule has 0 saturated heterocycles. The summed E-state index contributed by atoms with van der Waals surface area (Å²) in [5.74, 6) is 0.969. The van der Waals surface area contributed by atoms with Crippen LogP contribution in [0.25, 0.3) is 0 Å². The topological polar surface area (TPSA) is 38.3 Å². The van der Waals surface area contributed by atoms with Crippen LogP contribution in [0.15, 0.2) is 22.7 Å². The molecule has 1 saturated carbocycles. The summed E-state index contributed by atoms with van der Waals surface area (Å²) >= 11 is 9.42. The fourth-order valence-corrected chi connectivity index (χ4v) is 3.24. The summed E-state index contributed by atoms with van der Waals surface area (Å²) in [7, 11) is 0. The van der Waals surface area contributed by atoms with Gasteiger partial charge in [0, 0.05) is 10.2 Å². The van der Waals surface area contributed by atoms with Crippen LogP contribution < -0.4 is 5.32 Å². The quantitative estimate of drug-likeness (QED) is 0.746. The Balaban J connectivity index is 2.17. The van der Waals surface area contributed by atoms with Crippen molar-refractivity contribution in [3.8, 4) is 0 Å². The van der Waals surface area contributed by atoms with Crippen LogP contribution in [0.5, 0.6) is 0 Å². The minimum absolute atomic E-state index is 0.159. The molecule has 1 aromatic carbocycles. The fourth-order valence-electron chi connectivity index (χ4n) is 2.75. The maximum absolute atomic E-state index is 12.3. The second-order valence-electron chi connectivity index (χ2n) is 5.97. The Labute approximate surface area is 139 Å². The molecule has 0 atom stereocenters. The first-order valence-electron chi connectivity index (χ1n) is 7.28. The average molecular weight is 375 g/mol. The SMILES string of the molecule is CCOC(=O)C1(Nc2ccc(Cl)c(Br)c2)CC(C(C)C)C1. The van der Waals surface area contributed by atoms with Crippen LogP contribution in [0.3, 0.4) is 0 Å². The minimum Gasteiger partial charge on any atom is -0.464 e. The van der Waals surface area contributed by atoms with Gasteiger partial charge in [0.15, 0.2) is 0 Å². The van der Waals surface area contributed by atoms with Crippen molar-refractivity contribution in [3.05, 3.63) is 27.7 Å². The molecular weight excluding hydrogens is 354 g/mol. The van der Waals surface area contributed by atoms with E-state index in [1.807, 2.05) is 25.1 Å². The lowest BCUT2D eigenvalue weighted by molar-refractivity contribution is -0.154. The fraction of sp³-hybridized carbons (Fsp3) is 0.562. The zero-order valence-corrected chi connectivity index (χ0v) is 14.9. The summed E-state index contributed by atoms with van der Waals surface area (Å²) in [6.07, 6.45) is 1.62. The van der Waals surface area contributed by atoms with Crippen LogP contribution in [0.2, 0.25) is 5.02 Å². The predicted octanol–water partition coefficient (Wildman–Crippen LogP) is 4.88. The zero-order valence-electron chi connectivity index (χ0n) is 12.6. The molecule has 0 spiro atoms. The van der Waals surface area contributed by atoms with Crippen molar-refractivity contribution in [1.29, 1.82) is 0 Å². The van der Waals surface area contributed by atoms with Gasteiger partial charge < -0.3 is 10.1 Å². The number of rotatable bonds is 5. The molecule has 0 radical (unpaired) electrons. The van der Waals surface area contributed by atoms with E-state index in [0.29, 0.717) is 23.5 Å². The highest BCUT2D eigenvalue weighted by Crippen LogP contribution is 2.45. The van der Waals surface area contributed by atoms with Gasteiger partial charge in [-0.3, -0.25) is 0 Å². The molecule has 1 fully saturated rings. The summed E-state index contributed by atoms with van der Waals surface area (Å²) in [6.45, 7) is 6.62. The maximum atomic E-state index is 12.3. The van der Waals surface area contributed by atoms with Crippen molar-refractivity contribution in [3.63, 3.8) is 0 Å². The molecule has 0 aliphatic heterocycles. The summed E-state index contributed by atoms with van der Waals surface area (Å²) in [6, 6.07) is 5.59. The van der Waals surface area contributed by atoms with Gasteiger partial charge in [-0.25, -0.2) is 4.79 Å². The molecule has 0 unspecified atom stereocenters. The lowest BCUT2D eigenvalue weighted by Gasteiger charge is -2.48. The number of anilines is 1. The smallest absolute Gasteiger partial charge is 0.331 e. The molecule has 1 aliphatic rings. The van der Waals surface area contributed by atoms with Gasteiger partial charge in [0.2, 0.25) is 0 Å². The van der Waals surface area contributed by atoms with Crippen molar-refractivity contribution >= 4 is 39.2 Å². The van der Waals surface area contributed by atoms with E-state index in [-0.39, 0.29) is 5.97 Å². The lowest BCUT2D eigenvalue weighted by atomic mass is 9.64. The monoisotopic (exact) mass is 373 g/mol. The number of halogens is 2. The van der Waals surface area contributed by atoms with Crippen LogP contribution >= 0.6 is 27.5 Å². The van der Waals surface area contributed by atoms with E-state index in [2.05, 4.69) is 35.1 Å². The zero-order chi connectivity index (χ0) is 15.6. The van der Waals surface area contributed by atoms with Crippen molar-refractivity contribution in [2.75, 3.05) is 11.9 Å². The highest BCUT2D eigenvalue weighted by Gasteiger charge is 2.52. The van der Waals surface area contributed by atoms with E-state index in [1.54, 1.807) is 0 Å². The third-order valence-corrected chi connectivity index (χ3v) is 5.35. The van der Waals surface area contributed by atoms with Gasteiger partial charge >= 0.3 is 5.97 Å². The Kier molecular flexibility index (Phi) is 5.20. The maximum Gasteiger partial charge on any atom is 0.331 e. The van der Waals surface area contributed by atoms with Crippen molar-refractivity contribution < 1.29 is 9.53 Å². The van der Waals surface area contributed by atoms with Gasteiger partial charge in [0.1, 0.15) is 5.54 Å². The van der Waals surface area contributed by atoms with Crippen molar-refractivity contribution in [1.82, 2.24) is 0 Å². The number of ether oxygens (including phenoxy) is 1. The standard InChI is InChI=1S/C16H21BrClNO2/c1-4-21-15(20)16(8-11(9-16)10(2)3)19-12-5-6-14(18)13(17)7-12/h5-7,10-11,19H,4,8-9H2,1-3H3. The first kappa shape index (κ1) is 16.6. The summed E-state index contributed by atoms with van der Waals surface area (Å²) < 4.78 is 6.08. The van der Waals surface area contributed by atoms with Gasteiger partial charge in [0.05, 0.1) is 11.6 Å². The second-order valence-corrected chi connectivity index (χ2v) is 7.23. The number of nitrogens with one attached hydrogen (secondary N) is 1. The van der Waals surface area contributed by atoms with Gasteiger partial charge in [0.25, 0.3) is 0 Å². The number of benzene rings is 1. The van der Waals surface area contributed by atoms with Gasteiger partial charge in [-0.15, -0.1) is 0 Å². The molecule has 5 heteroatoms. The third kappa shape index (κ3) is 3.54. The molecule has 0 heterocycles. The van der Waals surface area contributed by atoms with E-state index >= 15 is 0 Å². The Hall–Kier alpha value is -0.740. The molecular formula is C16H21BrClNO2. The molecule has 21 heavy (non-hydrogen) atoms. The lowest BCUT2D eigenvalue weighted by Crippen LogP contribution is -2.58. The molecule has 0 aromatic heterocycles. The van der Waals surface area contributed by atoms with E-state index in [1.165, 1.54) is 0 Å². The molecule has 116 valence electrons. The second kappa shape index (κ2) is 6.57. The van der Waals surface area contributed by atoms with Crippen LogP contribution in [-0.4, -0.2) is 18.1 Å². The van der Waals surface area contributed by atoms with Gasteiger partial charge in [-0.2, -0.15) is 0 Å².